The minimum absolute atomic E-state index is 0.0367. The first kappa shape index (κ1) is 23.9. The number of aromatic nitrogens is 2. The summed E-state index contributed by atoms with van der Waals surface area (Å²) in [6.07, 6.45) is -1.15. The summed E-state index contributed by atoms with van der Waals surface area (Å²) in [6, 6.07) is 4.93. The molecule has 0 radical (unpaired) electrons. The van der Waals surface area contributed by atoms with Gasteiger partial charge in [0.2, 0.25) is 0 Å². The molecule has 1 aromatic heterocycles. The van der Waals surface area contributed by atoms with E-state index in [4.69, 9.17) is 21.1 Å². The van der Waals surface area contributed by atoms with Crippen LogP contribution in [0.3, 0.4) is 0 Å². The van der Waals surface area contributed by atoms with Crippen LogP contribution in [0.15, 0.2) is 30.6 Å². The van der Waals surface area contributed by atoms with Crippen molar-refractivity contribution in [3.05, 3.63) is 41.2 Å². The molecule has 0 spiro atoms. The van der Waals surface area contributed by atoms with E-state index in [1.54, 1.807) is 30.6 Å². The van der Waals surface area contributed by atoms with Crippen molar-refractivity contribution >= 4 is 17.5 Å². The molecule has 194 valence electrons. The third-order valence-electron chi connectivity index (χ3n) is 7.81. The normalized spacial score (nSPS) is 34.7. The van der Waals surface area contributed by atoms with Crippen molar-refractivity contribution in [2.75, 3.05) is 0 Å². The van der Waals surface area contributed by atoms with Gasteiger partial charge in [0.1, 0.15) is 11.9 Å². The zero-order valence-corrected chi connectivity index (χ0v) is 19.8. The van der Waals surface area contributed by atoms with E-state index in [1.165, 1.54) is 0 Å². The van der Waals surface area contributed by atoms with Crippen LogP contribution in [0.25, 0.3) is 0 Å². The lowest BCUT2D eigenvalue weighted by molar-refractivity contribution is -0.355. The average molecular weight is 528 g/mol. The van der Waals surface area contributed by atoms with Gasteiger partial charge in [-0.25, -0.2) is 0 Å². The maximum Gasteiger partial charge on any atom is 0.522 e. The Bertz CT molecular complexity index is 1160. The number of hydrogen-bond donors (Lipinski definition) is 2. The number of ether oxygens (including phenoxy) is 3. The fraction of sp³-hybridized carbons (Fsp3) is 0.583. The summed E-state index contributed by atoms with van der Waals surface area (Å²) in [7, 11) is 0. The Morgan fingerprint density at radius 1 is 1.22 bits per heavy atom. The molecule has 3 atom stereocenters. The van der Waals surface area contributed by atoms with Crippen LogP contribution < -0.4 is 14.8 Å². The molecular formula is C24H25ClF3N3O5. The minimum Gasteiger partial charge on any atom is -0.487 e. The fourth-order valence-corrected chi connectivity index (χ4v) is 6.15. The molecule has 4 fully saturated rings. The molecule has 5 aliphatic rings. The molecular weight excluding hydrogens is 503 g/mol. The Balaban J connectivity index is 1.02. The van der Waals surface area contributed by atoms with Gasteiger partial charge in [-0.1, -0.05) is 11.6 Å². The number of aliphatic hydroxyl groups excluding tert-OH is 1. The summed E-state index contributed by atoms with van der Waals surface area (Å²) in [5.74, 6) is 1.03. The van der Waals surface area contributed by atoms with Crippen LogP contribution in [0.4, 0.5) is 13.2 Å². The zero-order chi connectivity index (χ0) is 25.2. The molecule has 4 aliphatic carbocycles. The molecule has 8 nitrogen and oxygen atoms in total. The van der Waals surface area contributed by atoms with Gasteiger partial charge in [0, 0.05) is 35.9 Å². The smallest absolute Gasteiger partial charge is 0.487 e. The lowest BCUT2D eigenvalue weighted by atomic mass is 9.77. The van der Waals surface area contributed by atoms with Gasteiger partial charge in [-0.3, -0.25) is 14.2 Å². The van der Waals surface area contributed by atoms with Gasteiger partial charge in [0.15, 0.2) is 11.9 Å². The summed E-state index contributed by atoms with van der Waals surface area (Å²) in [5, 5.41) is 18.5. The van der Waals surface area contributed by atoms with Crippen molar-refractivity contribution in [3.63, 3.8) is 0 Å². The van der Waals surface area contributed by atoms with Gasteiger partial charge >= 0.3 is 6.36 Å². The number of benzene rings is 1. The van der Waals surface area contributed by atoms with Gasteiger partial charge in [-0.2, -0.15) is 5.10 Å². The highest BCUT2D eigenvalue weighted by molar-refractivity contribution is 6.30. The summed E-state index contributed by atoms with van der Waals surface area (Å²) >= 11 is 6.00. The number of amides is 1. The molecule has 0 saturated heterocycles. The van der Waals surface area contributed by atoms with Gasteiger partial charge in [0.25, 0.3) is 5.91 Å². The van der Waals surface area contributed by atoms with E-state index in [0.717, 1.165) is 12.8 Å². The molecule has 2 N–H and O–H groups in total. The second-order valence-corrected chi connectivity index (χ2v) is 10.7. The lowest BCUT2D eigenvalue weighted by Crippen LogP contribution is -2.46. The summed E-state index contributed by atoms with van der Waals surface area (Å²) in [5.41, 5.74) is 0.359. The Morgan fingerprint density at radius 3 is 2.75 bits per heavy atom. The molecule has 7 rings (SSSR count). The van der Waals surface area contributed by atoms with Crippen LogP contribution in [-0.2, 0) is 15.1 Å². The van der Waals surface area contributed by atoms with E-state index in [-0.39, 0.29) is 42.9 Å². The van der Waals surface area contributed by atoms with Crippen molar-refractivity contribution < 1.29 is 37.3 Å². The maximum atomic E-state index is 13.0. The number of hydrogen-bond acceptors (Lipinski definition) is 6. The number of fused-ring (bicyclic) bond motifs is 2. The SMILES string of the molecule is O=C(NC1CC2(n3cc(OC4CC(OC(F)(F)F)C4)cn3)CC1C2)[C@H]1C[C@@H](O)c2cc(Cl)ccc2O1. The molecule has 2 heterocycles. The van der Waals surface area contributed by atoms with Crippen molar-refractivity contribution in [2.24, 2.45) is 5.92 Å². The number of aliphatic hydroxyl groups is 1. The maximum absolute atomic E-state index is 13.0. The molecule has 2 bridgehead atoms. The van der Waals surface area contributed by atoms with Crippen molar-refractivity contribution in [3.8, 4) is 11.5 Å². The second kappa shape index (κ2) is 8.53. The Morgan fingerprint density at radius 2 is 2.00 bits per heavy atom. The first-order chi connectivity index (χ1) is 17.1. The number of carbonyl (C=O) groups excluding carboxylic acids is 1. The average Bonchev–Trinajstić information content (AvgIpc) is 3.44. The molecule has 4 saturated carbocycles. The molecule has 1 aromatic carbocycles. The highest BCUT2D eigenvalue weighted by Gasteiger charge is 2.58. The minimum atomic E-state index is -4.63. The predicted octanol–water partition coefficient (Wildman–Crippen LogP) is 3.86. The predicted molar refractivity (Wildman–Crippen MR) is 119 cm³/mol. The van der Waals surface area contributed by atoms with Crippen LogP contribution in [0.5, 0.6) is 11.5 Å². The van der Waals surface area contributed by atoms with Crippen molar-refractivity contribution in [1.82, 2.24) is 15.1 Å². The summed E-state index contributed by atoms with van der Waals surface area (Å²) < 4.78 is 54.3. The standard InChI is InChI=1S/C24H25ClF3N3O5/c25-13-1-2-20-17(3-13)19(32)6-21(35-20)22(33)30-18-9-23(7-12(18)8-23)31-11-16(10-29-31)34-14-4-15(5-14)36-24(26,27)28/h1-3,10-12,14-15,18-19,21,32H,4-9H2,(H,30,33)/t12?,14?,15?,18?,19-,21-,23?/m1/s1. The van der Waals surface area contributed by atoms with Crippen molar-refractivity contribution in [1.29, 1.82) is 0 Å². The van der Waals surface area contributed by atoms with Gasteiger partial charge in [-0.15, -0.1) is 13.2 Å². The quantitative estimate of drug-likeness (QED) is 0.592. The van der Waals surface area contributed by atoms with Crippen LogP contribution in [0, 0.1) is 5.92 Å². The molecule has 1 aliphatic heterocycles. The van der Waals surface area contributed by atoms with E-state index in [2.05, 4.69) is 15.2 Å². The van der Waals surface area contributed by atoms with Crippen LogP contribution in [0.2, 0.25) is 5.02 Å². The molecule has 2 aromatic rings. The first-order valence-electron chi connectivity index (χ1n) is 12.0. The first-order valence-corrected chi connectivity index (χ1v) is 12.4. The molecule has 1 unspecified atom stereocenters. The summed E-state index contributed by atoms with van der Waals surface area (Å²) in [6.45, 7) is 0. The monoisotopic (exact) mass is 527 g/mol. The van der Waals surface area contributed by atoms with E-state index in [1.807, 2.05) is 4.68 Å². The second-order valence-electron chi connectivity index (χ2n) is 10.3. The number of alkyl halides is 3. The molecule has 36 heavy (non-hydrogen) atoms. The number of carbonyl (C=O) groups is 1. The van der Waals surface area contributed by atoms with Crippen LogP contribution in [0.1, 0.15) is 50.2 Å². The zero-order valence-electron chi connectivity index (χ0n) is 19.1. The number of halogens is 4. The van der Waals surface area contributed by atoms with E-state index in [0.29, 0.717) is 34.4 Å². The fourth-order valence-electron chi connectivity index (χ4n) is 5.97. The van der Waals surface area contributed by atoms with Gasteiger partial charge < -0.3 is 19.9 Å². The van der Waals surface area contributed by atoms with Crippen molar-refractivity contribution in [2.45, 2.75) is 80.9 Å². The number of nitrogens with one attached hydrogen (secondary N) is 1. The van der Waals surface area contributed by atoms with Crippen LogP contribution >= 0.6 is 11.6 Å². The van der Waals surface area contributed by atoms with Gasteiger partial charge in [0.05, 0.1) is 30.1 Å². The topological polar surface area (TPSA) is 94.8 Å². The number of nitrogens with zero attached hydrogens (tertiary/aromatic N) is 2. The summed E-state index contributed by atoms with van der Waals surface area (Å²) in [4.78, 5) is 13.0. The van der Waals surface area contributed by atoms with Gasteiger partial charge in [-0.05, 0) is 43.4 Å². The highest BCUT2D eigenvalue weighted by Crippen LogP contribution is 2.57. The Hall–Kier alpha value is -2.50. The Labute approximate surface area is 209 Å². The number of rotatable bonds is 6. The lowest BCUT2D eigenvalue weighted by Gasteiger charge is -2.38. The van der Waals surface area contributed by atoms with E-state index >= 15 is 0 Å². The third-order valence-corrected chi connectivity index (χ3v) is 8.05. The largest absolute Gasteiger partial charge is 0.522 e. The molecule has 1 amide bonds. The van der Waals surface area contributed by atoms with E-state index in [9.17, 15) is 23.1 Å². The van der Waals surface area contributed by atoms with Crippen LogP contribution in [-0.4, -0.2) is 51.5 Å². The third kappa shape index (κ3) is 4.41. The Kier molecular flexibility index (Phi) is 5.65. The molecule has 12 heteroatoms. The van der Waals surface area contributed by atoms with E-state index < -0.39 is 24.7 Å². The highest BCUT2D eigenvalue weighted by atomic mass is 35.5.